The number of benzene rings is 2. The van der Waals surface area contributed by atoms with Gasteiger partial charge in [-0.15, -0.1) is 0 Å². The Morgan fingerprint density at radius 1 is 1.05 bits per heavy atom. The number of rotatable bonds is 2. The van der Waals surface area contributed by atoms with Gasteiger partial charge in [-0.1, -0.05) is 6.07 Å². The van der Waals surface area contributed by atoms with E-state index in [-0.39, 0.29) is 14.5 Å². The van der Waals surface area contributed by atoms with Crippen LogP contribution in [0.3, 0.4) is 0 Å². The van der Waals surface area contributed by atoms with E-state index < -0.39 is 17.5 Å². The van der Waals surface area contributed by atoms with Gasteiger partial charge in [-0.25, -0.2) is 8.78 Å². The molecule has 0 radical (unpaired) electrons. The van der Waals surface area contributed by atoms with Crippen LogP contribution in [0.4, 0.5) is 14.5 Å². The highest BCUT2D eigenvalue weighted by Crippen LogP contribution is 2.22. The molecule has 1 N–H and O–H groups in total. The Morgan fingerprint density at radius 3 is 2.47 bits per heavy atom. The van der Waals surface area contributed by atoms with Crippen LogP contribution in [-0.2, 0) is 0 Å². The Kier molecular flexibility index (Phi) is 4.31. The molecule has 0 aliphatic rings. The molecule has 0 aliphatic heterocycles. The van der Waals surface area contributed by atoms with Crippen molar-refractivity contribution in [2.24, 2.45) is 0 Å². The van der Waals surface area contributed by atoms with E-state index in [9.17, 15) is 13.6 Å². The first-order valence-corrected chi connectivity index (χ1v) is 6.78. The highest BCUT2D eigenvalue weighted by Gasteiger charge is 2.14. The van der Waals surface area contributed by atoms with E-state index in [1.807, 2.05) is 0 Å². The average Bonchev–Trinajstić information content (AvgIpc) is 2.37. The molecule has 0 unspecified atom stereocenters. The lowest BCUT2D eigenvalue weighted by Gasteiger charge is -2.07. The van der Waals surface area contributed by atoms with Crippen molar-refractivity contribution in [3.05, 3.63) is 62.5 Å². The van der Waals surface area contributed by atoms with Gasteiger partial charge >= 0.3 is 0 Å². The van der Waals surface area contributed by atoms with E-state index >= 15 is 0 Å². The van der Waals surface area contributed by atoms with Gasteiger partial charge in [0.1, 0.15) is 11.6 Å². The number of anilines is 1. The summed E-state index contributed by atoms with van der Waals surface area (Å²) in [7, 11) is 0. The smallest absolute Gasteiger partial charge is 0.258 e. The maximum atomic E-state index is 13.7. The van der Waals surface area contributed by atoms with Gasteiger partial charge in [0.05, 0.1) is 14.5 Å². The first-order chi connectivity index (χ1) is 8.99. The molecule has 0 spiro atoms. The van der Waals surface area contributed by atoms with Gasteiger partial charge in [0.25, 0.3) is 5.91 Å². The normalized spacial score (nSPS) is 10.3. The predicted octanol–water partition coefficient (Wildman–Crippen LogP) is 4.74. The van der Waals surface area contributed by atoms with Crippen molar-refractivity contribution in [1.29, 1.82) is 0 Å². The molecule has 0 saturated carbocycles. The lowest BCUT2D eigenvalue weighted by molar-refractivity contribution is 0.102. The summed E-state index contributed by atoms with van der Waals surface area (Å²) in [5.41, 5.74) is 0.285. The second kappa shape index (κ2) is 5.79. The second-order valence-corrected chi connectivity index (χ2v) is 5.39. The van der Waals surface area contributed by atoms with Crippen molar-refractivity contribution in [2.45, 2.75) is 0 Å². The van der Waals surface area contributed by atoms with Crippen LogP contribution < -0.4 is 5.32 Å². The monoisotopic (exact) mass is 389 g/mol. The van der Waals surface area contributed by atoms with Gasteiger partial charge in [-0.3, -0.25) is 4.79 Å². The minimum absolute atomic E-state index is 0.0881. The van der Waals surface area contributed by atoms with Crippen molar-refractivity contribution in [1.82, 2.24) is 0 Å². The average molecular weight is 391 g/mol. The van der Waals surface area contributed by atoms with Crippen LogP contribution in [0.15, 0.2) is 45.3 Å². The lowest BCUT2D eigenvalue weighted by atomic mass is 10.2. The van der Waals surface area contributed by atoms with Crippen LogP contribution in [-0.4, -0.2) is 5.91 Å². The van der Waals surface area contributed by atoms with E-state index in [2.05, 4.69) is 37.2 Å². The Labute approximate surface area is 125 Å². The number of carbonyl (C=O) groups excluding carboxylic acids is 1. The molecule has 98 valence electrons. The van der Waals surface area contributed by atoms with Crippen LogP contribution in [0.25, 0.3) is 0 Å². The molecule has 0 fully saturated rings. The zero-order valence-corrected chi connectivity index (χ0v) is 12.6. The lowest BCUT2D eigenvalue weighted by Crippen LogP contribution is -2.14. The summed E-state index contributed by atoms with van der Waals surface area (Å²) in [4.78, 5) is 11.9. The van der Waals surface area contributed by atoms with Gasteiger partial charge in [-0.2, -0.15) is 0 Å². The summed E-state index contributed by atoms with van der Waals surface area (Å²) in [6.07, 6.45) is 0. The molecule has 0 bridgehead atoms. The molecule has 0 aromatic heterocycles. The number of amides is 1. The Hall–Kier alpha value is -1.27. The van der Waals surface area contributed by atoms with Crippen molar-refractivity contribution in [2.75, 3.05) is 5.32 Å². The van der Waals surface area contributed by atoms with E-state index in [1.54, 1.807) is 6.07 Å². The maximum Gasteiger partial charge on any atom is 0.258 e. The van der Waals surface area contributed by atoms with Crippen molar-refractivity contribution in [3.8, 4) is 0 Å². The Morgan fingerprint density at radius 2 is 1.79 bits per heavy atom. The minimum Gasteiger partial charge on any atom is -0.322 e. The van der Waals surface area contributed by atoms with Gasteiger partial charge in [0.15, 0.2) is 0 Å². The summed E-state index contributed by atoms with van der Waals surface area (Å²) >= 11 is 6.02. The molecule has 0 heterocycles. The highest BCUT2D eigenvalue weighted by molar-refractivity contribution is 9.10. The standard InChI is InChI=1S/C13H7Br2F2NO/c14-9-3-1-2-8(12(9)17)13(19)18-7-4-5-11(16)10(15)6-7/h1-6H,(H,18,19). The fraction of sp³-hybridized carbons (Fsp3) is 0. The van der Waals surface area contributed by atoms with Crippen molar-refractivity contribution < 1.29 is 13.6 Å². The Bertz CT molecular complexity index is 647. The fourth-order valence-corrected chi connectivity index (χ4v) is 2.20. The first-order valence-electron chi connectivity index (χ1n) is 5.19. The van der Waals surface area contributed by atoms with Gasteiger partial charge in [0.2, 0.25) is 0 Å². The molecule has 19 heavy (non-hydrogen) atoms. The van der Waals surface area contributed by atoms with Crippen LogP contribution in [0.1, 0.15) is 10.4 Å². The summed E-state index contributed by atoms with van der Waals surface area (Å²) in [5.74, 6) is -1.68. The summed E-state index contributed by atoms with van der Waals surface area (Å²) in [6, 6.07) is 8.44. The van der Waals surface area contributed by atoms with Crippen LogP contribution in [0.2, 0.25) is 0 Å². The number of carbonyl (C=O) groups is 1. The quantitative estimate of drug-likeness (QED) is 0.788. The number of hydrogen-bond donors (Lipinski definition) is 1. The first kappa shape index (κ1) is 14.1. The molecule has 2 aromatic rings. The SMILES string of the molecule is O=C(Nc1ccc(F)c(Br)c1)c1cccc(Br)c1F. The molecule has 2 rings (SSSR count). The summed E-state index contributed by atoms with van der Waals surface area (Å²) in [5, 5.41) is 2.50. The molecule has 2 aromatic carbocycles. The van der Waals surface area contributed by atoms with Crippen LogP contribution >= 0.6 is 31.9 Å². The molecule has 0 aliphatic carbocycles. The van der Waals surface area contributed by atoms with E-state index in [1.165, 1.54) is 30.3 Å². The molecule has 1 amide bonds. The van der Waals surface area contributed by atoms with Gasteiger partial charge in [-0.05, 0) is 62.2 Å². The zero-order valence-electron chi connectivity index (χ0n) is 9.38. The number of hydrogen-bond acceptors (Lipinski definition) is 1. The highest BCUT2D eigenvalue weighted by atomic mass is 79.9. The largest absolute Gasteiger partial charge is 0.322 e. The second-order valence-electron chi connectivity index (χ2n) is 3.68. The van der Waals surface area contributed by atoms with Gasteiger partial charge in [0, 0.05) is 5.69 Å². The summed E-state index contributed by atoms with van der Waals surface area (Å²) in [6.45, 7) is 0. The molecular formula is C13H7Br2F2NO. The number of halogens is 4. The van der Waals surface area contributed by atoms with E-state index in [0.29, 0.717) is 5.69 Å². The van der Waals surface area contributed by atoms with E-state index in [4.69, 9.17) is 0 Å². The van der Waals surface area contributed by atoms with Crippen molar-refractivity contribution >= 4 is 43.5 Å². The summed E-state index contributed by atoms with van der Waals surface area (Å²) < 4.78 is 27.2. The van der Waals surface area contributed by atoms with Crippen LogP contribution in [0.5, 0.6) is 0 Å². The third-order valence-electron chi connectivity index (χ3n) is 2.37. The zero-order chi connectivity index (χ0) is 14.0. The topological polar surface area (TPSA) is 29.1 Å². The fourth-order valence-electron chi connectivity index (χ4n) is 1.45. The molecule has 2 nitrogen and oxygen atoms in total. The third kappa shape index (κ3) is 3.19. The molecular weight excluding hydrogens is 384 g/mol. The maximum absolute atomic E-state index is 13.7. The van der Waals surface area contributed by atoms with E-state index in [0.717, 1.165) is 0 Å². The predicted molar refractivity (Wildman–Crippen MR) is 76.2 cm³/mol. The van der Waals surface area contributed by atoms with Crippen LogP contribution in [0, 0.1) is 11.6 Å². The van der Waals surface area contributed by atoms with Gasteiger partial charge < -0.3 is 5.32 Å². The molecule has 0 atom stereocenters. The third-order valence-corrected chi connectivity index (χ3v) is 3.59. The minimum atomic E-state index is -0.638. The molecule has 0 saturated heterocycles. The molecule has 6 heteroatoms. The van der Waals surface area contributed by atoms with Crippen molar-refractivity contribution in [3.63, 3.8) is 0 Å². The Balaban J connectivity index is 2.26. The number of nitrogens with one attached hydrogen (secondary N) is 1.